The molecule has 0 aromatic rings. The molecule has 0 radical (unpaired) electrons. The Morgan fingerprint density at radius 2 is 2.27 bits per heavy atom. The summed E-state index contributed by atoms with van der Waals surface area (Å²) in [5, 5.41) is 11.3. The predicted molar refractivity (Wildman–Crippen MR) is 55.7 cm³/mol. The molecule has 0 saturated heterocycles. The van der Waals surface area contributed by atoms with Gasteiger partial charge in [-0.05, 0) is 26.8 Å². The summed E-state index contributed by atoms with van der Waals surface area (Å²) in [5.74, 6) is -0.377. The first-order valence-electron chi connectivity index (χ1n) is 4.70. The van der Waals surface area contributed by atoms with Crippen LogP contribution < -0.4 is 5.32 Å². The van der Waals surface area contributed by atoms with E-state index in [1.54, 1.807) is 39.0 Å². The number of rotatable bonds is 1. The fraction of sp³-hybridized carbons (Fsp3) is 0.455. The van der Waals surface area contributed by atoms with Gasteiger partial charge in [0.25, 0.3) is 0 Å². The Morgan fingerprint density at radius 1 is 1.60 bits per heavy atom. The standard InChI is InChI=1S/C11H14N2O2/c1-11(2,3)15-10(14)13-9-6-4-5-8(9)7-12/h4-6,8H,1-3H3,(H,13,14). The van der Waals surface area contributed by atoms with Crippen LogP contribution in [0.4, 0.5) is 4.79 Å². The van der Waals surface area contributed by atoms with Crippen LogP contribution in [0.25, 0.3) is 0 Å². The van der Waals surface area contributed by atoms with Crippen LogP contribution in [-0.2, 0) is 4.74 Å². The van der Waals surface area contributed by atoms with Crippen LogP contribution in [-0.4, -0.2) is 11.7 Å². The molecule has 0 saturated carbocycles. The van der Waals surface area contributed by atoms with E-state index >= 15 is 0 Å². The zero-order valence-corrected chi connectivity index (χ0v) is 9.07. The van der Waals surface area contributed by atoms with Gasteiger partial charge in [0.1, 0.15) is 11.5 Å². The lowest BCUT2D eigenvalue weighted by atomic mass is 10.1. The maximum Gasteiger partial charge on any atom is 0.411 e. The summed E-state index contributed by atoms with van der Waals surface area (Å²) in [7, 11) is 0. The van der Waals surface area contributed by atoms with Crippen LogP contribution in [0.2, 0.25) is 0 Å². The molecule has 0 bridgehead atoms. The average Bonchev–Trinajstić information content (AvgIpc) is 2.48. The van der Waals surface area contributed by atoms with Crippen molar-refractivity contribution in [2.45, 2.75) is 26.4 Å². The molecule has 1 amide bonds. The molecule has 4 heteroatoms. The van der Waals surface area contributed by atoms with Crippen LogP contribution in [0.15, 0.2) is 23.9 Å². The Labute approximate surface area is 89.2 Å². The molecule has 0 heterocycles. The minimum atomic E-state index is -0.530. The lowest BCUT2D eigenvalue weighted by Gasteiger charge is -2.20. The van der Waals surface area contributed by atoms with E-state index in [4.69, 9.17) is 10.00 Å². The summed E-state index contributed by atoms with van der Waals surface area (Å²) in [6.07, 6.45) is 4.61. The van der Waals surface area contributed by atoms with Crippen LogP contribution in [0.3, 0.4) is 0 Å². The summed E-state index contributed by atoms with van der Waals surface area (Å²) >= 11 is 0. The number of hydrogen-bond donors (Lipinski definition) is 1. The van der Waals surface area contributed by atoms with E-state index in [-0.39, 0.29) is 5.92 Å². The molecule has 80 valence electrons. The zero-order valence-electron chi connectivity index (χ0n) is 9.07. The number of carbonyl (C=O) groups excluding carboxylic acids is 1. The van der Waals surface area contributed by atoms with Crippen molar-refractivity contribution in [3.8, 4) is 6.07 Å². The molecule has 1 atom stereocenters. The van der Waals surface area contributed by atoms with E-state index < -0.39 is 11.7 Å². The van der Waals surface area contributed by atoms with Crippen molar-refractivity contribution in [3.63, 3.8) is 0 Å². The Hall–Kier alpha value is -1.76. The number of nitrogens with zero attached hydrogens (tertiary/aromatic N) is 1. The van der Waals surface area contributed by atoms with Crippen LogP contribution in [0.1, 0.15) is 20.8 Å². The first-order valence-corrected chi connectivity index (χ1v) is 4.70. The molecule has 1 aliphatic rings. The van der Waals surface area contributed by atoms with Gasteiger partial charge >= 0.3 is 6.09 Å². The van der Waals surface area contributed by atoms with Crippen LogP contribution in [0, 0.1) is 17.2 Å². The largest absolute Gasteiger partial charge is 0.444 e. The Bertz CT molecular complexity index is 356. The maximum atomic E-state index is 11.4. The average molecular weight is 206 g/mol. The third-order valence-electron chi connectivity index (χ3n) is 1.70. The quantitative estimate of drug-likeness (QED) is 0.714. The van der Waals surface area contributed by atoms with Crippen molar-refractivity contribution in [3.05, 3.63) is 23.9 Å². The molecule has 1 rings (SSSR count). The number of allylic oxidation sites excluding steroid dienone is 3. The highest BCUT2D eigenvalue weighted by Crippen LogP contribution is 2.16. The summed E-state index contributed by atoms with van der Waals surface area (Å²) in [4.78, 5) is 11.4. The van der Waals surface area contributed by atoms with Crippen molar-refractivity contribution < 1.29 is 9.53 Å². The van der Waals surface area contributed by atoms with Crippen molar-refractivity contribution in [1.82, 2.24) is 5.32 Å². The van der Waals surface area contributed by atoms with E-state index in [1.807, 2.05) is 0 Å². The number of amides is 1. The number of alkyl carbamates (subject to hydrolysis) is 1. The van der Waals surface area contributed by atoms with E-state index in [2.05, 4.69) is 11.4 Å². The van der Waals surface area contributed by atoms with Gasteiger partial charge < -0.3 is 4.74 Å². The highest BCUT2D eigenvalue weighted by atomic mass is 16.6. The van der Waals surface area contributed by atoms with Gasteiger partial charge in [-0.2, -0.15) is 5.26 Å². The van der Waals surface area contributed by atoms with Crippen LogP contribution in [0.5, 0.6) is 0 Å². The Kier molecular flexibility index (Phi) is 3.15. The first kappa shape index (κ1) is 11.3. The lowest BCUT2D eigenvalue weighted by Crippen LogP contribution is -2.33. The van der Waals surface area contributed by atoms with Gasteiger partial charge in [0.05, 0.1) is 6.07 Å². The highest BCUT2D eigenvalue weighted by molar-refractivity contribution is 5.70. The minimum absolute atomic E-state index is 0.377. The smallest absolute Gasteiger partial charge is 0.411 e. The number of carbonyl (C=O) groups is 1. The molecule has 0 aromatic carbocycles. The second-order valence-electron chi connectivity index (χ2n) is 4.24. The number of ether oxygens (including phenoxy) is 1. The third kappa shape index (κ3) is 3.47. The fourth-order valence-electron chi connectivity index (χ4n) is 1.13. The monoisotopic (exact) mass is 206 g/mol. The van der Waals surface area contributed by atoms with Gasteiger partial charge in [0.15, 0.2) is 0 Å². The zero-order chi connectivity index (χ0) is 11.5. The predicted octanol–water partition coefficient (Wildman–Crippen LogP) is 2.10. The number of nitrogens with one attached hydrogen (secondary N) is 1. The van der Waals surface area contributed by atoms with E-state index in [1.165, 1.54) is 0 Å². The second-order valence-corrected chi connectivity index (χ2v) is 4.24. The second kappa shape index (κ2) is 4.18. The molecule has 0 aromatic heterocycles. The Balaban J connectivity index is 2.51. The SMILES string of the molecule is CC(C)(C)OC(=O)NC1=CC=CC1C#N. The molecule has 0 fully saturated rings. The normalized spacial score (nSPS) is 19.3. The van der Waals surface area contributed by atoms with Gasteiger partial charge in [0.2, 0.25) is 0 Å². The first-order chi connectivity index (χ1) is 6.92. The van der Waals surface area contributed by atoms with Gasteiger partial charge in [-0.15, -0.1) is 0 Å². The summed E-state index contributed by atoms with van der Waals surface area (Å²) < 4.78 is 5.06. The maximum absolute atomic E-state index is 11.4. The van der Waals surface area contributed by atoms with Crippen LogP contribution >= 0.6 is 0 Å². The van der Waals surface area contributed by atoms with Crippen molar-refractivity contribution in [1.29, 1.82) is 5.26 Å². The lowest BCUT2D eigenvalue weighted by molar-refractivity contribution is 0.0543. The topological polar surface area (TPSA) is 62.1 Å². The minimum Gasteiger partial charge on any atom is -0.444 e. The van der Waals surface area contributed by atoms with Gasteiger partial charge in [-0.3, -0.25) is 5.32 Å². The number of nitriles is 1. The molecular formula is C11H14N2O2. The van der Waals surface area contributed by atoms with Gasteiger partial charge in [-0.1, -0.05) is 12.2 Å². The summed E-state index contributed by atoms with van der Waals surface area (Å²) in [5.41, 5.74) is 0.0329. The molecular weight excluding hydrogens is 192 g/mol. The van der Waals surface area contributed by atoms with Crippen molar-refractivity contribution in [2.24, 2.45) is 5.92 Å². The van der Waals surface area contributed by atoms with Gasteiger partial charge in [-0.25, -0.2) is 4.79 Å². The molecule has 1 unspecified atom stereocenters. The van der Waals surface area contributed by atoms with E-state index in [0.29, 0.717) is 5.70 Å². The Morgan fingerprint density at radius 3 is 2.80 bits per heavy atom. The molecule has 1 N–H and O–H groups in total. The molecule has 0 spiro atoms. The van der Waals surface area contributed by atoms with E-state index in [9.17, 15) is 4.79 Å². The fourth-order valence-corrected chi connectivity index (χ4v) is 1.13. The molecule has 15 heavy (non-hydrogen) atoms. The number of hydrogen-bond acceptors (Lipinski definition) is 3. The summed E-state index contributed by atoms with van der Waals surface area (Å²) in [6, 6.07) is 2.06. The molecule has 0 aliphatic heterocycles. The summed E-state index contributed by atoms with van der Waals surface area (Å²) in [6.45, 7) is 5.36. The highest BCUT2D eigenvalue weighted by Gasteiger charge is 2.20. The third-order valence-corrected chi connectivity index (χ3v) is 1.70. The molecule has 1 aliphatic carbocycles. The molecule has 4 nitrogen and oxygen atoms in total. The van der Waals surface area contributed by atoms with Crippen molar-refractivity contribution >= 4 is 6.09 Å². The van der Waals surface area contributed by atoms with Gasteiger partial charge in [0, 0.05) is 5.70 Å². The van der Waals surface area contributed by atoms with E-state index in [0.717, 1.165) is 0 Å². The van der Waals surface area contributed by atoms with Crippen molar-refractivity contribution in [2.75, 3.05) is 0 Å².